The van der Waals surface area contributed by atoms with Crippen LogP contribution >= 0.6 is 0 Å². The van der Waals surface area contributed by atoms with Gasteiger partial charge >= 0.3 is 0 Å². The van der Waals surface area contributed by atoms with Crippen molar-refractivity contribution in [1.29, 1.82) is 0 Å². The van der Waals surface area contributed by atoms with Gasteiger partial charge in [0, 0.05) is 71.6 Å². The Bertz CT molecular complexity index is 2510. The van der Waals surface area contributed by atoms with E-state index in [1.807, 2.05) is 24.3 Å². The number of hydrogen-bond donors (Lipinski definition) is 0. The van der Waals surface area contributed by atoms with Crippen LogP contribution in [-0.2, 0) is 31.6 Å². The third kappa shape index (κ3) is 9.77. The van der Waals surface area contributed by atoms with E-state index in [4.69, 9.17) is 9.47 Å². The standard InChI is InChI=1S/C55H54N4O2/c1-55(2,3)51-17-15-50(16-18-51)54-48-11-7-42(8-12-48)40-58-31-23-46(24-32-58)44-19-27-56(28-20-44)35-37-60-52-5-4-6-53(39-52)61-38-36-57-29-21-45(22-30-57)47-25-33-59(34-26-47)41-43-9-13-49(54)14-10-43/h4-34,39,54H,35-38,40-41H2,1-3H3/q+4. The van der Waals surface area contributed by atoms with Crippen molar-refractivity contribution < 1.29 is 27.7 Å². The van der Waals surface area contributed by atoms with Gasteiger partial charge in [-0.1, -0.05) is 99.6 Å². The molecule has 0 N–H and O–H groups in total. The number of fused-ring (bicyclic) bond motifs is 2. The van der Waals surface area contributed by atoms with Crippen molar-refractivity contribution in [1.82, 2.24) is 0 Å². The van der Waals surface area contributed by atoms with Crippen LogP contribution in [-0.4, -0.2) is 13.2 Å². The molecule has 6 heteroatoms. The van der Waals surface area contributed by atoms with Gasteiger partial charge in [0.2, 0.25) is 0 Å². The summed E-state index contributed by atoms with van der Waals surface area (Å²) in [6.07, 6.45) is 17.2. The Hall–Kier alpha value is -6.92. The molecule has 9 aliphatic rings. The molecule has 0 aliphatic carbocycles. The maximum Gasteiger partial charge on any atom is 0.182 e. The van der Waals surface area contributed by atoms with E-state index in [-0.39, 0.29) is 11.3 Å². The summed E-state index contributed by atoms with van der Waals surface area (Å²) < 4.78 is 21.0. The van der Waals surface area contributed by atoms with Gasteiger partial charge < -0.3 is 9.47 Å². The third-order valence-electron chi connectivity index (χ3n) is 11.7. The molecule has 0 amide bonds. The van der Waals surface area contributed by atoms with Crippen LogP contribution in [0.5, 0.6) is 11.5 Å². The number of ether oxygens (including phenoxy) is 2. The minimum atomic E-state index is 0.0980. The van der Waals surface area contributed by atoms with Crippen molar-refractivity contribution in [3.05, 3.63) is 229 Å². The molecule has 4 aromatic carbocycles. The van der Waals surface area contributed by atoms with Crippen LogP contribution in [0, 0.1) is 0 Å². The van der Waals surface area contributed by atoms with Crippen LogP contribution < -0.4 is 27.7 Å². The van der Waals surface area contributed by atoms with Gasteiger partial charge in [-0.25, -0.2) is 18.3 Å². The Kier molecular flexibility index (Phi) is 11.5. The highest BCUT2D eigenvalue weighted by atomic mass is 16.5. The lowest BCUT2D eigenvalue weighted by Gasteiger charge is -2.23. The fourth-order valence-corrected chi connectivity index (χ4v) is 8.11. The smallest absolute Gasteiger partial charge is 0.182 e. The summed E-state index contributed by atoms with van der Waals surface area (Å²) in [6, 6.07) is 53.0. The average molecular weight is 803 g/mol. The molecule has 14 bridgehead atoms. The number of benzene rings is 4. The van der Waals surface area contributed by atoms with Crippen molar-refractivity contribution >= 4 is 0 Å². The fourth-order valence-electron chi connectivity index (χ4n) is 8.11. The molecule has 302 valence electrons. The second-order valence-corrected chi connectivity index (χ2v) is 17.1. The largest absolute Gasteiger partial charge is 0.487 e. The molecule has 8 aromatic rings. The topological polar surface area (TPSA) is 34.0 Å². The van der Waals surface area contributed by atoms with E-state index in [1.165, 1.54) is 55.6 Å². The normalized spacial score (nSPS) is 13.6. The predicted octanol–water partition coefficient (Wildman–Crippen LogP) is 9.22. The Morgan fingerprint density at radius 3 is 1.11 bits per heavy atom. The summed E-state index contributed by atoms with van der Waals surface area (Å²) in [5.74, 6) is 1.72. The molecule has 4 aromatic heterocycles. The maximum absolute atomic E-state index is 6.12. The zero-order chi connectivity index (χ0) is 41.6. The zero-order valence-electron chi connectivity index (χ0n) is 35.4. The molecular weight excluding hydrogens is 749 g/mol. The molecule has 0 atom stereocenters. The molecule has 0 radical (unpaired) electrons. The van der Waals surface area contributed by atoms with Crippen molar-refractivity contribution in [2.75, 3.05) is 13.2 Å². The molecular formula is C55H54N4O2+4. The SMILES string of the molecule is CC(C)(C)c1ccc(C2c3ccc(cc3)C[n+]3ccc(cc3)-c3cc[n+](cc3)CCOc3cccc(c3)OCC[n+]3ccc(cc3)-c3cc[n+](cc3)Cc3ccc2cc3)cc1. The van der Waals surface area contributed by atoms with Gasteiger partial charge in [0.1, 0.15) is 24.7 Å². The van der Waals surface area contributed by atoms with Crippen LogP contribution in [0.25, 0.3) is 22.3 Å². The van der Waals surface area contributed by atoms with Crippen LogP contribution in [0.3, 0.4) is 0 Å². The van der Waals surface area contributed by atoms with E-state index in [1.54, 1.807) is 0 Å². The number of hydrogen-bond acceptors (Lipinski definition) is 2. The van der Waals surface area contributed by atoms with Crippen molar-refractivity contribution in [3.8, 4) is 33.8 Å². The molecule has 0 saturated carbocycles. The highest BCUT2D eigenvalue weighted by molar-refractivity contribution is 5.61. The van der Waals surface area contributed by atoms with Gasteiger partial charge in [-0.2, -0.15) is 0 Å². The lowest BCUT2D eigenvalue weighted by molar-refractivity contribution is -0.697. The predicted molar refractivity (Wildman–Crippen MR) is 239 cm³/mol. The summed E-state index contributed by atoms with van der Waals surface area (Å²) in [5, 5.41) is 0. The number of pyridine rings is 4. The van der Waals surface area contributed by atoms with Gasteiger partial charge in [0.15, 0.2) is 75.8 Å². The van der Waals surface area contributed by atoms with Crippen LogP contribution in [0.1, 0.15) is 60.1 Å². The van der Waals surface area contributed by atoms with Crippen molar-refractivity contribution in [3.63, 3.8) is 0 Å². The highest BCUT2D eigenvalue weighted by Crippen LogP contribution is 2.34. The summed E-state index contributed by atoms with van der Waals surface area (Å²) >= 11 is 0. The molecule has 17 rings (SSSR count). The van der Waals surface area contributed by atoms with Crippen molar-refractivity contribution in [2.24, 2.45) is 0 Å². The third-order valence-corrected chi connectivity index (χ3v) is 11.7. The first kappa shape index (κ1) is 39.5. The Labute approximate surface area is 360 Å². The van der Waals surface area contributed by atoms with E-state index in [0.29, 0.717) is 13.2 Å². The Balaban J connectivity index is 0.988. The quantitative estimate of drug-likeness (QED) is 0.155. The zero-order valence-corrected chi connectivity index (χ0v) is 35.4. The van der Waals surface area contributed by atoms with Crippen LogP contribution in [0.4, 0.5) is 0 Å². The minimum Gasteiger partial charge on any atom is -0.487 e. The Morgan fingerprint density at radius 1 is 0.410 bits per heavy atom. The molecule has 0 fully saturated rings. The summed E-state index contributed by atoms with van der Waals surface area (Å²) in [5.41, 5.74) is 12.6. The molecule has 0 spiro atoms. The van der Waals surface area contributed by atoms with E-state index in [9.17, 15) is 0 Å². The summed E-state index contributed by atoms with van der Waals surface area (Å²) in [7, 11) is 0. The van der Waals surface area contributed by atoms with Gasteiger partial charge in [-0.05, 0) is 62.1 Å². The molecule has 13 heterocycles. The van der Waals surface area contributed by atoms with Crippen molar-refractivity contribution in [2.45, 2.75) is 58.3 Å². The first-order valence-corrected chi connectivity index (χ1v) is 21.4. The van der Waals surface area contributed by atoms with Crippen LogP contribution in [0.15, 0.2) is 195 Å². The van der Waals surface area contributed by atoms with E-state index < -0.39 is 0 Å². The first-order chi connectivity index (χ1) is 29.8. The number of aromatic nitrogens is 4. The number of rotatable bonds is 1. The minimum absolute atomic E-state index is 0.0980. The number of nitrogens with zero attached hydrogens (tertiary/aromatic N) is 4. The van der Waals surface area contributed by atoms with Gasteiger partial charge in [-0.15, -0.1) is 0 Å². The molecule has 0 saturated heterocycles. The van der Waals surface area contributed by atoms with E-state index >= 15 is 0 Å². The van der Waals surface area contributed by atoms with E-state index in [0.717, 1.165) is 37.7 Å². The molecule has 6 nitrogen and oxygen atoms in total. The second-order valence-electron chi connectivity index (χ2n) is 17.1. The van der Waals surface area contributed by atoms with Gasteiger partial charge in [0.25, 0.3) is 0 Å². The van der Waals surface area contributed by atoms with E-state index in [2.05, 4.69) is 210 Å². The molecule has 0 unspecified atom stereocenters. The van der Waals surface area contributed by atoms with Gasteiger partial charge in [-0.3, -0.25) is 0 Å². The Morgan fingerprint density at radius 2 is 0.754 bits per heavy atom. The first-order valence-electron chi connectivity index (χ1n) is 21.4. The monoisotopic (exact) mass is 802 g/mol. The lowest BCUT2D eigenvalue weighted by atomic mass is 9.81. The highest BCUT2D eigenvalue weighted by Gasteiger charge is 2.20. The maximum atomic E-state index is 6.12. The average Bonchev–Trinajstić information content (AvgIpc) is 3.29. The van der Waals surface area contributed by atoms with Crippen LogP contribution in [0.2, 0.25) is 0 Å². The van der Waals surface area contributed by atoms with Gasteiger partial charge in [0.05, 0.1) is 0 Å². The fraction of sp³-hybridized carbons (Fsp3) is 0.200. The molecule has 61 heavy (non-hydrogen) atoms. The summed E-state index contributed by atoms with van der Waals surface area (Å²) in [4.78, 5) is 0. The second kappa shape index (κ2) is 17.7. The lowest BCUT2D eigenvalue weighted by Crippen LogP contribution is -2.35. The molecule has 9 aliphatic heterocycles. The summed E-state index contributed by atoms with van der Waals surface area (Å²) in [6.45, 7) is 11.0.